The highest BCUT2D eigenvalue weighted by atomic mass is 127. The molecule has 30 heavy (non-hydrogen) atoms. The zero-order chi connectivity index (χ0) is 21.6. The van der Waals surface area contributed by atoms with Crippen molar-refractivity contribution in [3.8, 4) is 0 Å². The zero-order valence-corrected chi connectivity index (χ0v) is 19.8. The standard InChI is InChI=1S/C20H28FIN6O2/c1-5-20(8-22)11(4)13(21)18(30-20)28-9-23-14-15(24-12-6-7-12)25-19(26-16(14)28)27-17(29)10(2)3/h9-13,18H,5-8H2,1-4H3,(H2,24,25,26,27,29)/t11-,13+,18+,20-/m0/s1. The number of hydrogen-bond acceptors (Lipinski definition) is 6. The van der Waals surface area contributed by atoms with Crippen molar-refractivity contribution in [3.63, 3.8) is 0 Å². The van der Waals surface area contributed by atoms with Gasteiger partial charge < -0.3 is 10.1 Å². The van der Waals surface area contributed by atoms with Gasteiger partial charge in [0.25, 0.3) is 0 Å². The maximum absolute atomic E-state index is 15.4. The van der Waals surface area contributed by atoms with Gasteiger partial charge in [-0.05, 0) is 19.3 Å². The van der Waals surface area contributed by atoms with Crippen LogP contribution in [0.4, 0.5) is 16.2 Å². The molecule has 10 heteroatoms. The van der Waals surface area contributed by atoms with Crippen molar-refractivity contribution in [3.05, 3.63) is 6.33 Å². The number of amides is 1. The van der Waals surface area contributed by atoms with Crippen LogP contribution in [-0.2, 0) is 9.53 Å². The number of halogens is 2. The number of carbonyl (C=O) groups excluding carboxylic acids is 1. The van der Waals surface area contributed by atoms with Crippen molar-refractivity contribution in [1.29, 1.82) is 0 Å². The number of anilines is 2. The molecule has 4 atom stereocenters. The Hall–Kier alpha value is -1.56. The van der Waals surface area contributed by atoms with Gasteiger partial charge in [-0.2, -0.15) is 9.97 Å². The first-order valence-electron chi connectivity index (χ1n) is 10.5. The summed E-state index contributed by atoms with van der Waals surface area (Å²) in [6, 6.07) is 0.338. The van der Waals surface area contributed by atoms with E-state index in [1.54, 1.807) is 24.7 Å². The Morgan fingerprint density at radius 3 is 2.73 bits per heavy atom. The van der Waals surface area contributed by atoms with E-state index in [0.29, 0.717) is 27.5 Å². The summed E-state index contributed by atoms with van der Waals surface area (Å²) in [5, 5.41) is 6.11. The lowest BCUT2D eigenvalue weighted by Crippen LogP contribution is -2.36. The van der Waals surface area contributed by atoms with Crippen LogP contribution in [0.3, 0.4) is 0 Å². The Bertz CT molecular complexity index is 943. The van der Waals surface area contributed by atoms with Gasteiger partial charge in [-0.15, -0.1) is 0 Å². The van der Waals surface area contributed by atoms with Gasteiger partial charge in [0.2, 0.25) is 11.9 Å². The lowest BCUT2D eigenvalue weighted by molar-refractivity contribution is -0.118. The van der Waals surface area contributed by atoms with E-state index >= 15 is 4.39 Å². The van der Waals surface area contributed by atoms with Gasteiger partial charge in [-0.25, -0.2) is 9.37 Å². The quantitative estimate of drug-likeness (QED) is 0.414. The molecule has 8 nitrogen and oxygen atoms in total. The Morgan fingerprint density at radius 2 is 2.17 bits per heavy atom. The fraction of sp³-hybridized carbons (Fsp3) is 0.700. The number of nitrogens with zero attached hydrogens (tertiary/aromatic N) is 4. The van der Waals surface area contributed by atoms with E-state index in [2.05, 4.69) is 48.2 Å². The highest BCUT2D eigenvalue weighted by Gasteiger charge is 2.52. The lowest BCUT2D eigenvalue weighted by atomic mass is 9.87. The van der Waals surface area contributed by atoms with Crippen LogP contribution in [-0.4, -0.2) is 47.7 Å². The first-order chi connectivity index (χ1) is 14.3. The minimum absolute atomic E-state index is 0.179. The first kappa shape index (κ1) is 21.7. The number of nitrogens with one attached hydrogen (secondary N) is 2. The fourth-order valence-corrected chi connectivity index (χ4v) is 5.16. The smallest absolute Gasteiger partial charge is 0.233 e. The summed E-state index contributed by atoms with van der Waals surface area (Å²) in [6.07, 6.45) is 2.39. The molecule has 0 radical (unpaired) electrons. The predicted octanol–water partition coefficient (Wildman–Crippen LogP) is 4.08. The van der Waals surface area contributed by atoms with Crippen molar-refractivity contribution in [2.24, 2.45) is 11.8 Å². The number of ether oxygens (including phenoxy) is 1. The fourth-order valence-electron chi connectivity index (χ4n) is 3.75. The number of alkyl halides is 2. The SMILES string of the molecule is CC[C@@]1(CI)O[C@@H](n2cnc3c(NC4CC4)nc(NC(=O)C(C)C)nc32)[C@H](F)[C@@H]1C. The highest BCUT2D eigenvalue weighted by Crippen LogP contribution is 2.47. The third-order valence-corrected chi connectivity index (χ3v) is 7.42. The topological polar surface area (TPSA) is 94.0 Å². The summed E-state index contributed by atoms with van der Waals surface area (Å²) >= 11 is 2.26. The number of fused-ring (bicyclic) bond motifs is 1. The van der Waals surface area contributed by atoms with Crippen LogP contribution >= 0.6 is 22.6 Å². The molecule has 1 amide bonds. The number of aromatic nitrogens is 4. The molecule has 3 heterocycles. The third kappa shape index (κ3) is 3.76. The van der Waals surface area contributed by atoms with Gasteiger partial charge in [0.15, 0.2) is 29.4 Å². The van der Waals surface area contributed by atoms with E-state index in [-0.39, 0.29) is 23.7 Å². The predicted molar refractivity (Wildman–Crippen MR) is 122 cm³/mol. The van der Waals surface area contributed by atoms with E-state index in [0.717, 1.165) is 19.3 Å². The van der Waals surface area contributed by atoms with Crippen molar-refractivity contribution < 1.29 is 13.9 Å². The molecular formula is C20H28FIN6O2. The van der Waals surface area contributed by atoms with Crippen LogP contribution < -0.4 is 10.6 Å². The van der Waals surface area contributed by atoms with E-state index in [9.17, 15) is 4.79 Å². The van der Waals surface area contributed by atoms with E-state index < -0.39 is 18.0 Å². The summed E-state index contributed by atoms with van der Waals surface area (Å²) in [5.74, 6) is 0.0902. The first-order valence-corrected chi connectivity index (χ1v) is 12.0. The Kier molecular flexibility index (Phi) is 5.90. The normalized spacial score (nSPS) is 29.0. The Balaban J connectivity index is 1.76. The number of imidazole rings is 1. The number of rotatable bonds is 7. The molecule has 0 spiro atoms. The van der Waals surface area contributed by atoms with Gasteiger partial charge >= 0.3 is 0 Å². The Labute approximate surface area is 188 Å². The van der Waals surface area contributed by atoms with Crippen molar-refractivity contribution in [2.75, 3.05) is 15.1 Å². The van der Waals surface area contributed by atoms with Crippen LogP contribution in [0.2, 0.25) is 0 Å². The molecule has 0 aromatic carbocycles. The molecule has 2 aromatic rings. The second-order valence-electron chi connectivity index (χ2n) is 8.58. The molecule has 1 saturated heterocycles. The largest absolute Gasteiger partial charge is 0.365 e. The molecule has 164 valence electrons. The van der Waals surface area contributed by atoms with E-state index in [1.807, 2.05) is 13.8 Å². The molecule has 2 fully saturated rings. The van der Waals surface area contributed by atoms with Crippen molar-refractivity contribution in [1.82, 2.24) is 19.5 Å². The van der Waals surface area contributed by atoms with Crippen molar-refractivity contribution in [2.45, 2.75) is 71.0 Å². The highest BCUT2D eigenvalue weighted by molar-refractivity contribution is 14.1. The van der Waals surface area contributed by atoms with Crippen LogP contribution in [0.5, 0.6) is 0 Å². The molecule has 2 aromatic heterocycles. The molecule has 2 aliphatic rings. The average Bonchev–Trinajstić information content (AvgIpc) is 3.38. The van der Waals surface area contributed by atoms with Gasteiger partial charge in [0, 0.05) is 22.3 Å². The molecule has 0 unspecified atom stereocenters. The monoisotopic (exact) mass is 530 g/mol. The van der Waals surface area contributed by atoms with E-state index in [4.69, 9.17) is 4.74 Å². The molecular weight excluding hydrogens is 502 g/mol. The third-order valence-electron chi connectivity index (χ3n) is 6.13. The number of hydrogen-bond donors (Lipinski definition) is 2. The van der Waals surface area contributed by atoms with Crippen LogP contribution in [0, 0.1) is 11.8 Å². The van der Waals surface area contributed by atoms with Gasteiger partial charge in [-0.1, -0.05) is 50.3 Å². The molecule has 4 rings (SSSR count). The molecule has 2 N–H and O–H groups in total. The van der Waals surface area contributed by atoms with Crippen molar-refractivity contribution >= 4 is 51.4 Å². The average molecular weight is 530 g/mol. The summed E-state index contributed by atoms with van der Waals surface area (Å²) in [6.45, 7) is 7.53. The minimum Gasteiger partial charge on any atom is -0.365 e. The minimum atomic E-state index is -1.19. The number of carbonyl (C=O) groups is 1. The zero-order valence-electron chi connectivity index (χ0n) is 17.7. The van der Waals surface area contributed by atoms with Gasteiger partial charge in [-0.3, -0.25) is 14.7 Å². The van der Waals surface area contributed by atoms with Crippen LogP contribution in [0.15, 0.2) is 6.33 Å². The lowest BCUT2D eigenvalue weighted by Gasteiger charge is -2.29. The summed E-state index contributed by atoms with van der Waals surface area (Å²) in [7, 11) is 0. The second-order valence-corrected chi connectivity index (χ2v) is 9.34. The molecule has 1 aliphatic carbocycles. The Morgan fingerprint density at radius 1 is 1.43 bits per heavy atom. The summed E-state index contributed by atoms with van der Waals surface area (Å²) in [5.41, 5.74) is 0.474. The molecule has 1 aliphatic heterocycles. The molecule has 0 bridgehead atoms. The second kappa shape index (κ2) is 8.18. The summed E-state index contributed by atoms with van der Waals surface area (Å²) in [4.78, 5) is 25.7. The van der Waals surface area contributed by atoms with E-state index in [1.165, 1.54) is 0 Å². The van der Waals surface area contributed by atoms with Crippen LogP contribution in [0.25, 0.3) is 11.2 Å². The molecule has 1 saturated carbocycles. The van der Waals surface area contributed by atoms with Gasteiger partial charge in [0.1, 0.15) is 0 Å². The maximum atomic E-state index is 15.4. The summed E-state index contributed by atoms with van der Waals surface area (Å²) < 4.78 is 24.0. The van der Waals surface area contributed by atoms with Gasteiger partial charge in [0.05, 0.1) is 11.9 Å². The van der Waals surface area contributed by atoms with Crippen LogP contribution in [0.1, 0.15) is 53.2 Å². The maximum Gasteiger partial charge on any atom is 0.233 e.